The molecule has 0 aromatic heterocycles. The zero-order valence-corrected chi connectivity index (χ0v) is 25.5. The van der Waals surface area contributed by atoms with E-state index in [9.17, 15) is 9.59 Å². The van der Waals surface area contributed by atoms with E-state index in [1.807, 2.05) is 0 Å². The summed E-state index contributed by atoms with van der Waals surface area (Å²) in [5.41, 5.74) is 2.54. The molecule has 0 bridgehead atoms. The maximum atomic E-state index is 12.7. The molecule has 2 fully saturated rings. The van der Waals surface area contributed by atoms with Crippen LogP contribution < -0.4 is 4.74 Å². The number of carbonyl (C=O) groups excluding carboxylic acids is 2. The second-order valence-corrected chi connectivity index (χ2v) is 11.2. The average Bonchev–Trinajstić information content (AvgIpc) is 3.39. The summed E-state index contributed by atoms with van der Waals surface area (Å²) in [5.74, 6) is 0.821. The highest BCUT2D eigenvalue weighted by atomic mass is 35.5. The van der Waals surface area contributed by atoms with Crippen molar-refractivity contribution in [3.05, 3.63) is 52.5 Å². The van der Waals surface area contributed by atoms with Gasteiger partial charge < -0.3 is 19.1 Å². The number of rotatable bonds is 10. The van der Waals surface area contributed by atoms with Crippen LogP contribution in [0, 0.1) is 5.92 Å². The zero-order valence-electron chi connectivity index (χ0n) is 23.8. The summed E-state index contributed by atoms with van der Waals surface area (Å²) in [4.78, 5) is 30.8. The Morgan fingerprint density at radius 2 is 1.38 bits per heavy atom. The highest BCUT2D eigenvalue weighted by Crippen LogP contribution is 2.41. The summed E-state index contributed by atoms with van der Waals surface area (Å²) >= 11 is 0. The molecule has 5 rings (SSSR count). The Morgan fingerprint density at radius 1 is 0.800 bits per heavy atom. The molecule has 0 unspecified atom stereocenters. The van der Waals surface area contributed by atoms with Crippen molar-refractivity contribution in [2.75, 3.05) is 47.0 Å². The number of allylic oxidation sites excluding steroid dienone is 2. The summed E-state index contributed by atoms with van der Waals surface area (Å²) in [6.45, 7) is 6.60. The van der Waals surface area contributed by atoms with Crippen LogP contribution in [0.4, 0.5) is 0 Å². The molecule has 9 heteroatoms. The Morgan fingerprint density at radius 3 is 1.93 bits per heavy atom. The standard InChI is InChI=1S/C31H42N2O5.2ClH/c1-36-30-28(34)26-19-23(20-27(26)29(35)31(30)37-2)7-6-18-38-25-10-8-22(9-11-25)21-32-16-12-24(13-17-32)33-14-4-3-5-15-33;;/h8-11,23-24H,3-7,12-21H2,1-2H3;2*1H. The number of benzene rings is 1. The number of ether oxygens (including phenoxy) is 3. The molecule has 0 atom stereocenters. The minimum Gasteiger partial charge on any atom is -0.494 e. The maximum absolute atomic E-state index is 12.7. The molecular weight excluding hydrogens is 551 g/mol. The van der Waals surface area contributed by atoms with Crippen molar-refractivity contribution in [1.82, 2.24) is 9.80 Å². The third-order valence-electron chi connectivity index (χ3n) is 8.74. The summed E-state index contributed by atoms with van der Waals surface area (Å²) in [7, 11) is 2.81. The van der Waals surface area contributed by atoms with E-state index in [1.54, 1.807) is 0 Å². The van der Waals surface area contributed by atoms with Crippen molar-refractivity contribution in [3.8, 4) is 5.75 Å². The summed E-state index contributed by atoms with van der Waals surface area (Å²) in [6.07, 6.45) is 9.76. The number of ketones is 2. The van der Waals surface area contributed by atoms with Crippen LogP contribution in [0.5, 0.6) is 5.75 Å². The van der Waals surface area contributed by atoms with Gasteiger partial charge in [-0.1, -0.05) is 18.6 Å². The highest BCUT2D eigenvalue weighted by molar-refractivity contribution is 6.24. The lowest BCUT2D eigenvalue weighted by Gasteiger charge is -2.40. The van der Waals surface area contributed by atoms with Gasteiger partial charge >= 0.3 is 0 Å². The molecule has 40 heavy (non-hydrogen) atoms. The number of hydrogen-bond donors (Lipinski definition) is 0. The van der Waals surface area contributed by atoms with E-state index >= 15 is 0 Å². The zero-order chi connectivity index (χ0) is 26.5. The van der Waals surface area contributed by atoms with E-state index in [-0.39, 0.29) is 53.8 Å². The van der Waals surface area contributed by atoms with Gasteiger partial charge in [-0.05, 0) is 101 Å². The SMILES string of the molecule is COC1=C(OC)C(=O)C2=C(CC(CCCOc3ccc(CN4CCC(N5CCCCC5)CC4)cc3)C2)C1=O.Cl.Cl. The Balaban J connectivity index is 0.00000220. The Bertz CT molecular complexity index is 1040. The fourth-order valence-corrected chi connectivity index (χ4v) is 6.65. The van der Waals surface area contributed by atoms with Crippen molar-refractivity contribution < 1.29 is 23.8 Å². The van der Waals surface area contributed by atoms with E-state index in [1.165, 1.54) is 78.1 Å². The molecule has 2 heterocycles. The largest absolute Gasteiger partial charge is 0.494 e. The van der Waals surface area contributed by atoms with Crippen molar-refractivity contribution in [2.24, 2.45) is 5.92 Å². The Kier molecular flexibility index (Phi) is 12.4. The molecule has 0 spiro atoms. The molecule has 1 aromatic carbocycles. The van der Waals surface area contributed by atoms with Gasteiger partial charge in [-0.25, -0.2) is 0 Å². The highest BCUT2D eigenvalue weighted by Gasteiger charge is 2.41. The maximum Gasteiger partial charge on any atom is 0.228 e. The smallest absolute Gasteiger partial charge is 0.228 e. The van der Waals surface area contributed by atoms with Crippen LogP contribution >= 0.6 is 24.8 Å². The number of nitrogens with zero attached hydrogens (tertiary/aromatic N) is 2. The molecule has 0 N–H and O–H groups in total. The number of halogens is 2. The monoisotopic (exact) mass is 594 g/mol. The molecule has 2 aliphatic carbocycles. The van der Waals surface area contributed by atoms with Crippen LogP contribution in [0.1, 0.15) is 63.4 Å². The number of hydrogen-bond acceptors (Lipinski definition) is 7. The summed E-state index contributed by atoms with van der Waals surface area (Å²) < 4.78 is 16.4. The molecule has 0 radical (unpaired) electrons. The van der Waals surface area contributed by atoms with Crippen LogP contribution in [0.15, 0.2) is 46.9 Å². The second-order valence-electron chi connectivity index (χ2n) is 11.2. The van der Waals surface area contributed by atoms with Gasteiger partial charge in [-0.2, -0.15) is 0 Å². The van der Waals surface area contributed by atoms with Gasteiger partial charge in [-0.3, -0.25) is 14.5 Å². The van der Waals surface area contributed by atoms with Gasteiger partial charge in [0.25, 0.3) is 0 Å². The van der Waals surface area contributed by atoms with Crippen LogP contribution in [0.25, 0.3) is 0 Å². The predicted molar refractivity (Wildman–Crippen MR) is 160 cm³/mol. The van der Waals surface area contributed by atoms with Gasteiger partial charge in [-0.15, -0.1) is 24.8 Å². The lowest BCUT2D eigenvalue weighted by atomic mass is 9.94. The van der Waals surface area contributed by atoms with E-state index < -0.39 is 0 Å². The van der Waals surface area contributed by atoms with E-state index in [4.69, 9.17) is 14.2 Å². The van der Waals surface area contributed by atoms with Gasteiger partial charge in [0.15, 0.2) is 0 Å². The first-order valence-corrected chi connectivity index (χ1v) is 14.4. The Hall–Kier alpha value is -2.06. The fraction of sp³-hybridized carbons (Fsp3) is 0.613. The lowest BCUT2D eigenvalue weighted by Crippen LogP contribution is -2.46. The molecule has 1 aromatic rings. The third-order valence-corrected chi connectivity index (χ3v) is 8.74. The molecule has 222 valence electrons. The quantitative estimate of drug-likeness (QED) is 0.261. The van der Waals surface area contributed by atoms with Crippen LogP contribution in [-0.4, -0.2) is 74.4 Å². The van der Waals surface area contributed by atoms with Gasteiger partial charge in [0.05, 0.1) is 20.8 Å². The number of carbonyl (C=O) groups is 2. The van der Waals surface area contributed by atoms with Crippen molar-refractivity contribution in [3.63, 3.8) is 0 Å². The van der Waals surface area contributed by atoms with Crippen LogP contribution in [-0.2, 0) is 25.6 Å². The normalized spacial score (nSPS) is 21.1. The van der Waals surface area contributed by atoms with Gasteiger partial charge in [0.1, 0.15) is 5.75 Å². The molecule has 0 amide bonds. The molecular formula is C31H44Cl2N2O5. The van der Waals surface area contributed by atoms with Gasteiger partial charge in [0, 0.05) is 23.7 Å². The Labute approximate surface area is 251 Å². The minimum absolute atomic E-state index is 0. The van der Waals surface area contributed by atoms with Crippen molar-refractivity contribution >= 4 is 36.4 Å². The van der Waals surface area contributed by atoms with E-state index in [2.05, 4.69) is 34.1 Å². The second kappa shape index (κ2) is 15.2. The molecule has 7 nitrogen and oxygen atoms in total. The third kappa shape index (κ3) is 7.41. The lowest BCUT2D eigenvalue weighted by molar-refractivity contribution is -0.121. The molecule has 2 aliphatic heterocycles. The predicted octanol–water partition coefficient (Wildman–Crippen LogP) is 5.50. The van der Waals surface area contributed by atoms with Crippen molar-refractivity contribution in [1.29, 1.82) is 0 Å². The van der Waals surface area contributed by atoms with E-state index in [0.29, 0.717) is 30.6 Å². The number of piperidine rings is 2. The molecule has 4 aliphatic rings. The fourth-order valence-electron chi connectivity index (χ4n) is 6.65. The minimum atomic E-state index is -0.204. The number of Topliss-reactive ketones (excluding diaryl/α,β-unsaturated/α-hetero) is 2. The molecule has 2 saturated heterocycles. The average molecular weight is 596 g/mol. The summed E-state index contributed by atoms with van der Waals surface area (Å²) in [6, 6.07) is 9.31. The number of likely N-dealkylation sites (tertiary alicyclic amines) is 2. The first-order valence-electron chi connectivity index (χ1n) is 14.4. The number of methoxy groups -OCH3 is 2. The van der Waals surface area contributed by atoms with Crippen LogP contribution in [0.2, 0.25) is 0 Å². The first-order chi connectivity index (χ1) is 18.6. The van der Waals surface area contributed by atoms with Gasteiger partial charge in [0.2, 0.25) is 23.1 Å². The van der Waals surface area contributed by atoms with E-state index in [0.717, 1.165) is 31.2 Å². The van der Waals surface area contributed by atoms with Crippen molar-refractivity contribution in [2.45, 2.75) is 70.4 Å². The summed E-state index contributed by atoms with van der Waals surface area (Å²) in [5, 5.41) is 0. The topological polar surface area (TPSA) is 68.3 Å². The molecule has 0 saturated carbocycles. The van der Waals surface area contributed by atoms with Crippen LogP contribution in [0.3, 0.4) is 0 Å². The first kappa shape index (κ1) is 32.5.